The molecular formula is C16H19N3O2. The summed E-state index contributed by atoms with van der Waals surface area (Å²) in [6.45, 7) is 1.88. The summed E-state index contributed by atoms with van der Waals surface area (Å²) in [5.74, 6) is 0.0929. The van der Waals surface area contributed by atoms with Gasteiger partial charge in [-0.25, -0.2) is 0 Å². The van der Waals surface area contributed by atoms with Crippen molar-refractivity contribution in [3.8, 4) is 11.3 Å². The fraction of sp³-hybridized carbons (Fsp3) is 0.375. The molecule has 1 aliphatic heterocycles. The Hall–Kier alpha value is -2.14. The number of benzene rings is 1. The van der Waals surface area contributed by atoms with Gasteiger partial charge in [0.05, 0.1) is 18.2 Å². The third-order valence-corrected chi connectivity index (χ3v) is 3.76. The Balaban J connectivity index is 1.54. The van der Waals surface area contributed by atoms with E-state index in [9.17, 15) is 4.79 Å². The molecule has 21 heavy (non-hydrogen) atoms. The topological polar surface area (TPSA) is 67.0 Å². The van der Waals surface area contributed by atoms with E-state index in [1.54, 1.807) is 6.20 Å². The van der Waals surface area contributed by atoms with Gasteiger partial charge in [-0.3, -0.25) is 9.89 Å². The number of H-pyrrole nitrogens is 1. The summed E-state index contributed by atoms with van der Waals surface area (Å²) in [5.41, 5.74) is 3.16. The van der Waals surface area contributed by atoms with E-state index in [2.05, 4.69) is 15.5 Å². The van der Waals surface area contributed by atoms with Crippen molar-refractivity contribution in [3.05, 3.63) is 42.1 Å². The SMILES string of the molecule is O=C(NCc1ccc(-c2ccn[nH]2)cc1)C1CCCOC1. The lowest BCUT2D eigenvalue weighted by Gasteiger charge is -2.21. The monoisotopic (exact) mass is 285 g/mol. The van der Waals surface area contributed by atoms with Crippen LogP contribution < -0.4 is 5.32 Å². The molecule has 5 nitrogen and oxygen atoms in total. The smallest absolute Gasteiger partial charge is 0.225 e. The quantitative estimate of drug-likeness (QED) is 0.904. The van der Waals surface area contributed by atoms with Crippen LogP contribution in [0.3, 0.4) is 0 Å². The van der Waals surface area contributed by atoms with E-state index in [4.69, 9.17) is 4.74 Å². The van der Waals surface area contributed by atoms with Crippen LogP contribution in [0, 0.1) is 5.92 Å². The van der Waals surface area contributed by atoms with Crippen molar-refractivity contribution in [2.45, 2.75) is 19.4 Å². The number of hydrogen-bond donors (Lipinski definition) is 2. The molecule has 2 aromatic rings. The lowest BCUT2D eigenvalue weighted by atomic mass is 10.0. The fourth-order valence-electron chi connectivity index (χ4n) is 2.50. The van der Waals surface area contributed by atoms with Crippen molar-refractivity contribution in [2.75, 3.05) is 13.2 Å². The van der Waals surface area contributed by atoms with Gasteiger partial charge in [0.1, 0.15) is 0 Å². The zero-order chi connectivity index (χ0) is 14.5. The minimum absolute atomic E-state index is 0.00279. The highest BCUT2D eigenvalue weighted by atomic mass is 16.5. The molecule has 5 heteroatoms. The number of aromatic amines is 1. The van der Waals surface area contributed by atoms with Gasteiger partial charge < -0.3 is 10.1 Å². The number of amides is 1. The predicted octanol–water partition coefficient (Wildman–Crippen LogP) is 2.12. The average Bonchev–Trinajstić information content (AvgIpc) is 3.08. The molecule has 3 rings (SSSR count). The van der Waals surface area contributed by atoms with Crippen LogP contribution in [0.5, 0.6) is 0 Å². The summed E-state index contributed by atoms with van der Waals surface area (Å²) < 4.78 is 5.34. The van der Waals surface area contributed by atoms with Gasteiger partial charge in [-0.05, 0) is 30.0 Å². The van der Waals surface area contributed by atoms with Crippen LogP contribution in [0.1, 0.15) is 18.4 Å². The van der Waals surface area contributed by atoms with Crippen molar-refractivity contribution >= 4 is 5.91 Å². The first-order chi connectivity index (χ1) is 10.3. The van der Waals surface area contributed by atoms with E-state index in [1.165, 1.54) is 0 Å². The first-order valence-electron chi connectivity index (χ1n) is 7.27. The molecule has 0 aliphatic carbocycles. The number of carbonyl (C=O) groups is 1. The molecule has 2 N–H and O–H groups in total. The summed E-state index contributed by atoms with van der Waals surface area (Å²) >= 11 is 0. The van der Waals surface area contributed by atoms with Crippen LogP contribution in [0.4, 0.5) is 0 Å². The average molecular weight is 285 g/mol. The molecule has 1 fully saturated rings. The van der Waals surface area contributed by atoms with E-state index in [-0.39, 0.29) is 11.8 Å². The van der Waals surface area contributed by atoms with Crippen LogP contribution in [0.25, 0.3) is 11.3 Å². The highest BCUT2D eigenvalue weighted by molar-refractivity contribution is 5.78. The van der Waals surface area contributed by atoms with E-state index in [0.29, 0.717) is 13.2 Å². The molecule has 1 aromatic carbocycles. The zero-order valence-electron chi connectivity index (χ0n) is 11.8. The van der Waals surface area contributed by atoms with E-state index < -0.39 is 0 Å². The summed E-state index contributed by atoms with van der Waals surface area (Å²) in [6, 6.07) is 10.0. The Morgan fingerprint density at radius 2 is 2.19 bits per heavy atom. The van der Waals surface area contributed by atoms with Gasteiger partial charge in [-0.15, -0.1) is 0 Å². The van der Waals surface area contributed by atoms with Crippen LogP contribution in [-0.4, -0.2) is 29.3 Å². The Morgan fingerprint density at radius 1 is 1.33 bits per heavy atom. The first-order valence-corrected chi connectivity index (χ1v) is 7.27. The zero-order valence-corrected chi connectivity index (χ0v) is 11.8. The molecule has 1 aromatic heterocycles. The second kappa shape index (κ2) is 6.54. The van der Waals surface area contributed by atoms with Crippen molar-refractivity contribution in [1.29, 1.82) is 0 Å². The number of aromatic nitrogens is 2. The maximum atomic E-state index is 12.0. The van der Waals surface area contributed by atoms with Gasteiger partial charge in [0.15, 0.2) is 0 Å². The minimum atomic E-state index is 0.00279. The van der Waals surface area contributed by atoms with E-state index in [1.807, 2.05) is 30.3 Å². The molecule has 1 amide bonds. The van der Waals surface area contributed by atoms with Crippen molar-refractivity contribution in [2.24, 2.45) is 5.92 Å². The van der Waals surface area contributed by atoms with Crippen LogP contribution in [0.2, 0.25) is 0 Å². The number of ether oxygens (including phenoxy) is 1. The van der Waals surface area contributed by atoms with Gasteiger partial charge >= 0.3 is 0 Å². The number of carbonyl (C=O) groups excluding carboxylic acids is 1. The molecule has 1 atom stereocenters. The third kappa shape index (κ3) is 3.49. The molecule has 1 aliphatic rings. The summed E-state index contributed by atoms with van der Waals surface area (Å²) in [7, 11) is 0. The fourth-order valence-corrected chi connectivity index (χ4v) is 2.50. The maximum Gasteiger partial charge on any atom is 0.225 e. The second-order valence-corrected chi connectivity index (χ2v) is 5.30. The van der Waals surface area contributed by atoms with Gasteiger partial charge in [0.2, 0.25) is 5.91 Å². The summed E-state index contributed by atoms with van der Waals surface area (Å²) in [5, 5.41) is 9.85. The minimum Gasteiger partial charge on any atom is -0.381 e. The molecule has 0 radical (unpaired) electrons. The van der Waals surface area contributed by atoms with E-state index in [0.717, 1.165) is 36.3 Å². The lowest BCUT2D eigenvalue weighted by Crippen LogP contribution is -2.35. The number of rotatable bonds is 4. The van der Waals surface area contributed by atoms with Crippen molar-refractivity contribution in [3.63, 3.8) is 0 Å². The molecule has 110 valence electrons. The first kappa shape index (κ1) is 13.8. The summed E-state index contributed by atoms with van der Waals surface area (Å²) in [4.78, 5) is 12.0. The third-order valence-electron chi connectivity index (χ3n) is 3.76. The number of hydrogen-bond acceptors (Lipinski definition) is 3. The van der Waals surface area contributed by atoms with Crippen LogP contribution in [0.15, 0.2) is 36.5 Å². The Kier molecular flexibility index (Phi) is 4.31. The number of nitrogens with one attached hydrogen (secondary N) is 2. The van der Waals surface area contributed by atoms with Crippen molar-refractivity contribution in [1.82, 2.24) is 15.5 Å². The molecule has 0 bridgehead atoms. The van der Waals surface area contributed by atoms with Gasteiger partial charge in [0.25, 0.3) is 0 Å². The lowest BCUT2D eigenvalue weighted by molar-refractivity contribution is -0.129. The Bertz CT molecular complexity index is 572. The summed E-state index contributed by atoms with van der Waals surface area (Å²) in [6.07, 6.45) is 3.62. The van der Waals surface area contributed by atoms with Gasteiger partial charge in [-0.1, -0.05) is 24.3 Å². The molecular weight excluding hydrogens is 266 g/mol. The Morgan fingerprint density at radius 3 is 2.86 bits per heavy atom. The molecule has 1 unspecified atom stereocenters. The van der Waals surface area contributed by atoms with Gasteiger partial charge in [0, 0.05) is 19.3 Å². The molecule has 0 saturated carbocycles. The number of nitrogens with zero attached hydrogens (tertiary/aromatic N) is 1. The molecule has 0 spiro atoms. The molecule has 2 heterocycles. The maximum absolute atomic E-state index is 12.0. The predicted molar refractivity (Wildman–Crippen MR) is 79.4 cm³/mol. The second-order valence-electron chi connectivity index (χ2n) is 5.30. The van der Waals surface area contributed by atoms with Crippen LogP contribution >= 0.6 is 0 Å². The highest BCUT2D eigenvalue weighted by Gasteiger charge is 2.21. The molecule has 1 saturated heterocycles. The van der Waals surface area contributed by atoms with E-state index >= 15 is 0 Å². The van der Waals surface area contributed by atoms with Crippen LogP contribution in [-0.2, 0) is 16.1 Å². The Labute approximate surface area is 123 Å². The van der Waals surface area contributed by atoms with Gasteiger partial charge in [-0.2, -0.15) is 5.10 Å². The standard InChI is InChI=1S/C16H19N3O2/c20-16(14-2-1-9-21-11-14)17-10-12-3-5-13(6-4-12)15-7-8-18-19-15/h3-8,14H,1-2,9-11H2,(H,17,20)(H,18,19). The highest BCUT2D eigenvalue weighted by Crippen LogP contribution is 2.17. The largest absolute Gasteiger partial charge is 0.381 e. The normalized spacial score (nSPS) is 18.4. The van der Waals surface area contributed by atoms with Crippen molar-refractivity contribution < 1.29 is 9.53 Å².